The summed E-state index contributed by atoms with van der Waals surface area (Å²) in [6, 6.07) is -0.0926. The van der Waals surface area contributed by atoms with Crippen LogP contribution in [0.1, 0.15) is 26.2 Å². The third-order valence-electron chi connectivity index (χ3n) is 3.38. The van der Waals surface area contributed by atoms with Crippen molar-refractivity contribution < 1.29 is 14.7 Å². The lowest BCUT2D eigenvalue weighted by Gasteiger charge is -2.32. The summed E-state index contributed by atoms with van der Waals surface area (Å²) in [5.41, 5.74) is 0. The molecule has 1 rings (SSSR count). The van der Waals surface area contributed by atoms with Crippen LogP contribution in [-0.4, -0.2) is 54.1 Å². The highest BCUT2D eigenvalue weighted by molar-refractivity contribution is 5.75. The molecule has 1 atom stereocenters. The number of carbonyl (C=O) groups is 2. The fourth-order valence-electron chi connectivity index (χ4n) is 2.00. The first kappa shape index (κ1) is 13.8. The van der Waals surface area contributed by atoms with Crippen LogP contribution >= 0.6 is 0 Å². The average molecular weight is 242 g/mol. The Hall–Kier alpha value is -1.26. The van der Waals surface area contributed by atoms with E-state index in [2.05, 4.69) is 0 Å². The van der Waals surface area contributed by atoms with E-state index in [-0.39, 0.29) is 12.6 Å². The average Bonchev–Trinajstić information content (AvgIpc) is 2.21. The van der Waals surface area contributed by atoms with Crippen molar-refractivity contribution in [2.45, 2.75) is 26.2 Å². The highest BCUT2D eigenvalue weighted by Crippen LogP contribution is 2.26. The molecule has 0 aromatic heterocycles. The molecule has 0 saturated heterocycles. The molecule has 17 heavy (non-hydrogen) atoms. The number of aliphatic carboxylic acids is 1. The van der Waals surface area contributed by atoms with Gasteiger partial charge in [0.25, 0.3) is 0 Å². The number of nitrogens with zero attached hydrogens (tertiary/aromatic N) is 2. The molecule has 0 bridgehead atoms. The van der Waals surface area contributed by atoms with Gasteiger partial charge >= 0.3 is 12.0 Å². The molecule has 98 valence electrons. The highest BCUT2D eigenvalue weighted by Gasteiger charge is 2.24. The molecule has 1 aliphatic rings. The van der Waals surface area contributed by atoms with Crippen LogP contribution in [0, 0.1) is 11.8 Å². The maximum absolute atomic E-state index is 11.9. The van der Waals surface area contributed by atoms with Crippen LogP contribution in [0.5, 0.6) is 0 Å². The first-order valence-corrected chi connectivity index (χ1v) is 6.10. The van der Waals surface area contributed by atoms with Gasteiger partial charge in [0.1, 0.15) is 0 Å². The zero-order valence-corrected chi connectivity index (χ0v) is 10.8. The first-order chi connectivity index (χ1) is 7.91. The Morgan fingerprint density at radius 2 is 1.88 bits per heavy atom. The fourth-order valence-corrected chi connectivity index (χ4v) is 2.00. The number of carboxylic acid groups (broad SMARTS) is 1. The Kier molecular flexibility index (Phi) is 4.78. The third kappa shape index (κ3) is 3.91. The van der Waals surface area contributed by atoms with Crippen LogP contribution in [0.2, 0.25) is 0 Å². The Bertz CT molecular complexity index is 289. The lowest BCUT2D eigenvalue weighted by Crippen LogP contribution is -2.44. The quantitative estimate of drug-likeness (QED) is 0.794. The third-order valence-corrected chi connectivity index (χ3v) is 3.38. The van der Waals surface area contributed by atoms with Crippen molar-refractivity contribution in [1.82, 2.24) is 9.80 Å². The molecule has 0 radical (unpaired) electrons. The molecule has 0 aromatic carbocycles. The van der Waals surface area contributed by atoms with Crippen LogP contribution in [0.3, 0.4) is 0 Å². The summed E-state index contributed by atoms with van der Waals surface area (Å²) in [5.74, 6) is -0.762. The molecule has 5 nitrogen and oxygen atoms in total. The van der Waals surface area contributed by atoms with Gasteiger partial charge in [0.05, 0.1) is 5.92 Å². The van der Waals surface area contributed by atoms with Crippen LogP contribution in [0.15, 0.2) is 0 Å². The Balaban J connectivity index is 2.36. The number of carboxylic acids is 1. The van der Waals surface area contributed by atoms with Crippen molar-refractivity contribution in [1.29, 1.82) is 0 Å². The van der Waals surface area contributed by atoms with E-state index in [0.29, 0.717) is 5.92 Å². The first-order valence-electron chi connectivity index (χ1n) is 6.10. The minimum absolute atomic E-state index is 0.0926. The van der Waals surface area contributed by atoms with E-state index in [1.807, 2.05) is 0 Å². The Labute approximate surface area is 102 Å². The van der Waals surface area contributed by atoms with E-state index >= 15 is 0 Å². The number of amides is 2. The van der Waals surface area contributed by atoms with Crippen molar-refractivity contribution in [2.75, 3.05) is 27.2 Å². The summed E-state index contributed by atoms with van der Waals surface area (Å²) in [6.45, 7) is 2.64. The second-order valence-electron chi connectivity index (χ2n) is 5.08. The van der Waals surface area contributed by atoms with E-state index in [1.165, 1.54) is 24.2 Å². The van der Waals surface area contributed by atoms with Crippen LogP contribution < -0.4 is 0 Å². The lowest BCUT2D eigenvalue weighted by atomic mass is 9.85. The maximum Gasteiger partial charge on any atom is 0.319 e. The number of hydrogen-bond donors (Lipinski definition) is 1. The summed E-state index contributed by atoms with van der Waals surface area (Å²) in [6.07, 6.45) is 3.66. The van der Waals surface area contributed by atoms with Crippen LogP contribution in [0.4, 0.5) is 4.79 Å². The van der Waals surface area contributed by atoms with Crippen molar-refractivity contribution in [2.24, 2.45) is 11.8 Å². The maximum atomic E-state index is 11.9. The SMILES string of the molecule is CC(CN(C)C(=O)N(C)CC1CCC1)C(=O)O. The van der Waals surface area contributed by atoms with Crippen LogP contribution in [0.25, 0.3) is 0 Å². The van der Waals surface area contributed by atoms with Crippen molar-refractivity contribution >= 4 is 12.0 Å². The molecule has 1 unspecified atom stereocenters. The van der Waals surface area contributed by atoms with Crippen molar-refractivity contribution in [3.63, 3.8) is 0 Å². The number of hydrogen-bond acceptors (Lipinski definition) is 2. The molecular weight excluding hydrogens is 220 g/mol. The minimum atomic E-state index is -0.869. The van der Waals surface area contributed by atoms with E-state index in [1.54, 1.807) is 25.9 Å². The number of urea groups is 1. The monoisotopic (exact) mass is 242 g/mol. The molecule has 0 spiro atoms. The zero-order valence-electron chi connectivity index (χ0n) is 10.8. The second-order valence-corrected chi connectivity index (χ2v) is 5.08. The smallest absolute Gasteiger partial charge is 0.319 e. The molecule has 0 aromatic rings. The van der Waals surface area contributed by atoms with Gasteiger partial charge in [0.2, 0.25) is 0 Å². The molecule has 5 heteroatoms. The summed E-state index contributed by atoms with van der Waals surface area (Å²) in [7, 11) is 3.43. The summed E-state index contributed by atoms with van der Waals surface area (Å²) in [5, 5.41) is 8.79. The molecule has 0 aliphatic heterocycles. The molecular formula is C12H22N2O3. The molecule has 1 fully saturated rings. The van der Waals surface area contributed by atoms with Gasteiger partial charge < -0.3 is 14.9 Å². The Morgan fingerprint density at radius 3 is 2.29 bits per heavy atom. The largest absolute Gasteiger partial charge is 0.481 e. The van der Waals surface area contributed by atoms with Gasteiger partial charge in [-0.1, -0.05) is 13.3 Å². The van der Waals surface area contributed by atoms with Gasteiger partial charge in [-0.3, -0.25) is 4.79 Å². The predicted molar refractivity (Wildman–Crippen MR) is 64.8 cm³/mol. The van der Waals surface area contributed by atoms with Gasteiger partial charge in [-0.15, -0.1) is 0 Å². The van der Waals surface area contributed by atoms with E-state index in [9.17, 15) is 9.59 Å². The highest BCUT2D eigenvalue weighted by atomic mass is 16.4. The van der Waals surface area contributed by atoms with E-state index < -0.39 is 11.9 Å². The molecule has 1 aliphatic carbocycles. The van der Waals surface area contributed by atoms with Gasteiger partial charge in [-0.2, -0.15) is 0 Å². The van der Waals surface area contributed by atoms with Gasteiger partial charge in [0.15, 0.2) is 0 Å². The Morgan fingerprint density at radius 1 is 1.29 bits per heavy atom. The second kappa shape index (κ2) is 5.89. The summed E-state index contributed by atoms with van der Waals surface area (Å²) in [4.78, 5) is 25.8. The van der Waals surface area contributed by atoms with Crippen molar-refractivity contribution in [3.8, 4) is 0 Å². The van der Waals surface area contributed by atoms with Crippen molar-refractivity contribution in [3.05, 3.63) is 0 Å². The fraction of sp³-hybridized carbons (Fsp3) is 0.833. The minimum Gasteiger partial charge on any atom is -0.481 e. The zero-order chi connectivity index (χ0) is 13.0. The van der Waals surface area contributed by atoms with Crippen LogP contribution in [-0.2, 0) is 4.79 Å². The number of carbonyl (C=O) groups excluding carboxylic acids is 1. The van der Waals surface area contributed by atoms with E-state index in [0.717, 1.165) is 6.54 Å². The number of rotatable bonds is 5. The summed E-state index contributed by atoms with van der Waals surface area (Å²) < 4.78 is 0. The summed E-state index contributed by atoms with van der Waals surface area (Å²) >= 11 is 0. The van der Waals surface area contributed by atoms with Gasteiger partial charge in [-0.05, 0) is 18.8 Å². The topological polar surface area (TPSA) is 60.9 Å². The standard InChI is InChI=1S/C12H22N2O3/c1-9(11(15)16)7-13(2)12(17)14(3)8-10-5-4-6-10/h9-10H,4-8H2,1-3H3,(H,15,16). The molecule has 2 amide bonds. The molecule has 1 saturated carbocycles. The van der Waals surface area contributed by atoms with Gasteiger partial charge in [0, 0.05) is 27.2 Å². The van der Waals surface area contributed by atoms with E-state index in [4.69, 9.17) is 5.11 Å². The lowest BCUT2D eigenvalue weighted by molar-refractivity contribution is -0.141. The van der Waals surface area contributed by atoms with Gasteiger partial charge in [-0.25, -0.2) is 4.79 Å². The normalized spacial score (nSPS) is 17.1. The molecule has 1 N–H and O–H groups in total. The molecule has 0 heterocycles. The predicted octanol–water partition coefficient (Wildman–Crippen LogP) is 1.49.